The third-order valence-electron chi connectivity index (χ3n) is 2.97. The van der Waals surface area contributed by atoms with Gasteiger partial charge in [-0.3, -0.25) is 4.98 Å². The van der Waals surface area contributed by atoms with Crippen LogP contribution >= 0.6 is 15.9 Å². The van der Waals surface area contributed by atoms with Crippen LogP contribution in [0.4, 0.5) is 17.5 Å². The SMILES string of the molecule is Brc1ccc(Nc2ccnc(NCc3ccncc3)n2)cc1. The molecule has 0 bridgehead atoms. The maximum atomic E-state index is 4.44. The minimum atomic E-state index is 0.582. The molecule has 2 N–H and O–H groups in total. The number of hydrogen-bond donors (Lipinski definition) is 2. The summed E-state index contributed by atoms with van der Waals surface area (Å²) < 4.78 is 1.04. The Balaban J connectivity index is 1.66. The van der Waals surface area contributed by atoms with Gasteiger partial charge in [-0.1, -0.05) is 15.9 Å². The molecule has 0 saturated heterocycles. The summed E-state index contributed by atoms with van der Waals surface area (Å²) in [6.45, 7) is 0.657. The first-order valence-corrected chi connectivity index (χ1v) is 7.57. The topological polar surface area (TPSA) is 62.7 Å². The molecule has 6 heteroatoms. The van der Waals surface area contributed by atoms with Crippen LogP contribution in [0.2, 0.25) is 0 Å². The normalized spacial score (nSPS) is 10.2. The fourth-order valence-corrected chi connectivity index (χ4v) is 2.14. The molecule has 0 fully saturated rings. The highest BCUT2D eigenvalue weighted by atomic mass is 79.9. The van der Waals surface area contributed by atoms with Gasteiger partial charge in [0.05, 0.1) is 0 Å². The lowest BCUT2D eigenvalue weighted by molar-refractivity contribution is 1.05. The van der Waals surface area contributed by atoms with Gasteiger partial charge in [0.25, 0.3) is 0 Å². The minimum absolute atomic E-state index is 0.582. The van der Waals surface area contributed by atoms with Crippen LogP contribution in [-0.2, 0) is 6.54 Å². The van der Waals surface area contributed by atoms with Gasteiger partial charge in [-0.15, -0.1) is 0 Å². The van der Waals surface area contributed by atoms with Crippen molar-refractivity contribution in [3.05, 3.63) is 71.1 Å². The monoisotopic (exact) mass is 355 g/mol. The molecule has 0 atom stereocenters. The molecule has 0 radical (unpaired) electrons. The Kier molecular flexibility index (Phi) is 4.60. The lowest BCUT2D eigenvalue weighted by Crippen LogP contribution is -2.04. The van der Waals surface area contributed by atoms with Crippen molar-refractivity contribution in [3.63, 3.8) is 0 Å². The zero-order valence-electron chi connectivity index (χ0n) is 11.7. The van der Waals surface area contributed by atoms with E-state index < -0.39 is 0 Å². The van der Waals surface area contributed by atoms with E-state index in [4.69, 9.17) is 0 Å². The van der Waals surface area contributed by atoms with E-state index in [-0.39, 0.29) is 0 Å². The lowest BCUT2D eigenvalue weighted by Gasteiger charge is -2.08. The third kappa shape index (κ3) is 4.02. The molecule has 0 unspecified atom stereocenters. The molecule has 0 saturated carbocycles. The van der Waals surface area contributed by atoms with Crippen LogP contribution in [0.5, 0.6) is 0 Å². The van der Waals surface area contributed by atoms with E-state index in [1.54, 1.807) is 18.6 Å². The molecule has 0 aliphatic carbocycles. The van der Waals surface area contributed by atoms with Crippen LogP contribution in [0.25, 0.3) is 0 Å². The summed E-state index contributed by atoms with van der Waals surface area (Å²) in [5.41, 5.74) is 2.10. The molecule has 2 heterocycles. The zero-order chi connectivity index (χ0) is 15.2. The van der Waals surface area contributed by atoms with Gasteiger partial charge in [-0.2, -0.15) is 4.98 Å². The number of benzene rings is 1. The summed E-state index contributed by atoms with van der Waals surface area (Å²) in [6, 6.07) is 13.7. The van der Waals surface area contributed by atoms with E-state index in [2.05, 4.69) is 41.5 Å². The fraction of sp³-hybridized carbons (Fsp3) is 0.0625. The highest BCUT2D eigenvalue weighted by Gasteiger charge is 2.00. The van der Waals surface area contributed by atoms with Crippen molar-refractivity contribution in [1.29, 1.82) is 0 Å². The summed E-state index contributed by atoms with van der Waals surface area (Å²) in [5, 5.41) is 6.45. The van der Waals surface area contributed by atoms with Crippen LogP contribution < -0.4 is 10.6 Å². The molecule has 0 aliphatic rings. The van der Waals surface area contributed by atoms with Gasteiger partial charge in [0.15, 0.2) is 0 Å². The molecular formula is C16H14BrN5. The van der Waals surface area contributed by atoms with E-state index in [1.807, 2.05) is 42.5 Å². The van der Waals surface area contributed by atoms with E-state index in [1.165, 1.54) is 0 Å². The van der Waals surface area contributed by atoms with Crippen molar-refractivity contribution in [2.24, 2.45) is 0 Å². The van der Waals surface area contributed by atoms with Crippen molar-refractivity contribution >= 4 is 33.4 Å². The minimum Gasteiger partial charge on any atom is -0.350 e. The highest BCUT2D eigenvalue weighted by molar-refractivity contribution is 9.10. The van der Waals surface area contributed by atoms with Gasteiger partial charge < -0.3 is 10.6 Å². The van der Waals surface area contributed by atoms with Gasteiger partial charge in [0, 0.05) is 35.3 Å². The van der Waals surface area contributed by atoms with Crippen LogP contribution in [0.15, 0.2) is 65.5 Å². The van der Waals surface area contributed by atoms with Crippen LogP contribution in [0.3, 0.4) is 0 Å². The Morgan fingerprint density at radius 3 is 2.45 bits per heavy atom. The second-order valence-corrected chi connectivity index (χ2v) is 5.52. The van der Waals surface area contributed by atoms with Gasteiger partial charge in [0.2, 0.25) is 5.95 Å². The average Bonchev–Trinajstić information content (AvgIpc) is 2.57. The summed E-state index contributed by atoms with van der Waals surface area (Å²) in [4.78, 5) is 12.7. The fourth-order valence-electron chi connectivity index (χ4n) is 1.88. The molecule has 3 aromatic rings. The predicted molar refractivity (Wildman–Crippen MR) is 91.0 cm³/mol. The van der Waals surface area contributed by atoms with Crippen LogP contribution in [0.1, 0.15) is 5.56 Å². The molecule has 0 amide bonds. The Hall–Kier alpha value is -2.47. The number of halogens is 1. The van der Waals surface area contributed by atoms with E-state index in [0.717, 1.165) is 21.5 Å². The number of hydrogen-bond acceptors (Lipinski definition) is 5. The van der Waals surface area contributed by atoms with E-state index in [0.29, 0.717) is 12.5 Å². The number of rotatable bonds is 5. The highest BCUT2D eigenvalue weighted by Crippen LogP contribution is 2.18. The summed E-state index contributed by atoms with van der Waals surface area (Å²) in [6.07, 6.45) is 5.26. The Morgan fingerprint density at radius 2 is 1.68 bits per heavy atom. The Bertz CT molecular complexity index is 731. The standard InChI is InChI=1S/C16H14BrN5/c17-13-1-3-14(4-2-13)21-15-7-10-19-16(22-15)20-11-12-5-8-18-9-6-12/h1-10H,11H2,(H2,19,20,21,22). The lowest BCUT2D eigenvalue weighted by atomic mass is 10.3. The number of nitrogens with zero attached hydrogens (tertiary/aromatic N) is 3. The summed E-state index contributed by atoms with van der Waals surface area (Å²) in [5.74, 6) is 1.33. The van der Waals surface area contributed by atoms with Crippen molar-refractivity contribution < 1.29 is 0 Å². The quantitative estimate of drug-likeness (QED) is 0.724. The molecule has 0 spiro atoms. The number of aromatic nitrogens is 3. The van der Waals surface area contributed by atoms with Gasteiger partial charge >= 0.3 is 0 Å². The predicted octanol–water partition coefficient (Wildman–Crippen LogP) is 3.99. The molecule has 110 valence electrons. The second kappa shape index (κ2) is 7.00. The first kappa shape index (κ1) is 14.5. The third-order valence-corrected chi connectivity index (χ3v) is 3.50. The molecular weight excluding hydrogens is 342 g/mol. The smallest absolute Gasteiger partial charge is 0.224 e. The van der Waals surface area contributed by atoms with Crippen LogP contribution in [0, 0.1) is 0 Å². The Labute approximate surface area is 137 Å². The van der Waals surface area contributed by atoms with E-state index >= 15 is 0 Å². The molecule has 22 heavy (non-hydrogen) atoms. The second-order valence-electron chi connectivity index (χ2n) is 4.61. The molecule has 0 aliphatic heterocycles. The summed E-state index contributed by atoms with van der Waals surface area (Å²) >= 11 is 3.42. The number of anilines is 3. The molecule has 5 nitrogen and oxygen atoms in total. The maximum absolute atomic E-state index is 4.44. The van der Waals surface area contributed by atoms with Crippen LogP contribution in [-0.4, -0.2) is 15.0 Å². The molecule has 3 rings (SSSR count). The zero-order valence-corrected chi connectivity index (χ0v) is 13.3. The number of pyridine rings is 1. The Morgan fingerprint density at radius 1 is 0.909 bits per heavy atom. The van der Waals surface area contributed by atoms with Crippen molar-refractivity contribution in [2.45, 2.75) is 6.54 Å². The maximum Gasteiger partial charge on any atom is 0.224 e. The van der Waals surface area contributed by atoms with Gasteiger partial charge in [-0.05, 0) is 48.0 Å². The van der Waals surface area contributed by atoms with Gasteiger partial charge in [-0.25, -0.2) is 4.98 Å². The molecule has 1 aromatic carbocycles. The first-order chi connectivity index (χ1) is 10.8. The summed E-state index contributed by atoms with van der Waals surface area (Å²) in [7, 11) is 0. The number of nitrogens with one attached hydrogen (secondary N) is 2. The average molecular weight is 356 g/mol. The first-order valence-electron chi connectivity index (χ1n) is 6.78. The molecule has 2 aromatic heterocycles. The van der Waals surface area contributed by atoms with Crippen molar-refractivity contribution in [3.8, 4) is 0 Å². The van der Waals surface area contributed by atoms with Crippen molar-refractivity contribution in [1.82, 2.24) is 15.0 Å². The van der Waals surface area contributed by atoms with Gasteiger partial charge in [0.1, 0.15) is 5.82 Å². The van der Waals surface area contributed by atoms with Crippen molar-refractivity contribution in [2.75, 3.05) is 10.6 Å². The largest absolute Gasteiger partial charge is 0.350 e. The van der Waals surface area contributed by atoms with E-state index in [9.17, 15) is 0 Å².